The van der Waals surface area contributed by atoms with E-state index < -0.39 is 0 Å². The number of thiophene rings is 1. The first-order chi connectivity index (χ1) is 31.5. The fourth-order valence-electron chi connectivity index (χ4n) is 9.12. The Kier molecular flexibility index (Phi) is 9.09. The van der Waals surface area contributed by atoms with Gasteiger partial charge in [0.25, 0.3) is 0 Å². The lowest BCUT2D eigenvalue weighted by Crippen LogP contribution is -2.04. The molecule has 0 atom stereocenters. The van der Waals surface area contributed by atoms with E-state index in [0.717, 1.165) is 39.0 Å². The van der Waals surface area contributed by atoms with Crippen molar-refractivity contribution in [2.24, 2.45) is 0 Å². The van der Waals surface area contributed by atoms with Crippen LogP contribution in [0, 0.1) is 13.8 Å². The Morgan fingerprint density at radius 3 is 1.44 bits per heavy atom. The van der Waals surface area contributed by atoms with Crippen LogP contribution in [0.25, 0.3) is 115 Å². The van der Waals surface area contributed by atoms with Crippen molar-refractivity contribution in [3.63, 3.8) is 0 Å². The Labute approximate surface area is 375 Å². The number of hydrogen-bond donors (Lipinski definition) is 0. The standard InChI is InChI=1S/C59H40N4S/c1-37-20-24-39(25-21-37)43-28-31-52-49(34-43)50-35-44(40-26-22-38(2)23-27-40)29-32-53(50)63(52)54-33-30-45(46-17-11-18-48-47-16-9-10-19-55(47)64-56(46)48)36-51(54)59-61-57(41-12-5-3-6-13-41)60-58(62-59)42-14-7-4-8-15-42/h3-36H,1-2H3. The van der Waals surface area contributed by atoms with Crippen LogP contribution in [0.1, 0.15) is 11.1 Å². The first kappa shape index (κ1) is 37.7. The SMILES string of the molecule is Cc1ccc(-c2ccc3c(c2)c2cc(-c4ccc(C)cc4)ccc2n3-c2ccc(-c3cccc4c3sc3ccccc34)cc2-c2nc(-c3ccccc3)nc(-c3ccccc3)n2)cc1. The van der Waals surface area contributed by atoms with Gasteiger partial charge in [0, 0.05) is 47.6 Å². The first-order valence-corrected chi connectivity index (χ1v) is 22.5. The van der Waals surface area contributed by atoms with Crippen LogP contribution >= 0.6 is 11.3 Å². The van der Waals surface area contributed by atoms with Gasteiger partial charge in [0.1, 0.15) is 0 Å². The Hall–Kier alpha value is -7.99. The van der Waals surface area contributed by atoms with Crippen LogP contribution in [0.5, 0.6) is 0 Å². The van der Waals surface area contributed by atoms with Crippen LogP contribution < -0.4 is 0 Å². The van der Waals surface area contributed by atoms with Gasteiger partial charge in [-0.1, -0.05) is 175 Å². The highest BCUT2D eigenvalue weighted by atomic mass is 32.1. The normalized spacial score (nSPS) is 11.6. The van der Waals surface area contributed by atoms with E-state index >= 15 is 0 Å². The summed E-state index contributed by atoms with van der Waals surface area (Å²) in [6, 6.07) is 74.1. The second-order valence-corrected chi connectivity index (χ2v) is 17.6. The molecule has 12 rings (SSSR count). The summed E-state index contributed by atoms with van der Waals surface area (Å²) in [6.45, 7) is 4.27. The first-order valence-electron chi connectivity index (χ1n) is 21.7. The maximum atomic E-state index is 5.35. The number of aryl methyl sites for hydroxylation is 2. The Morgan fingerprint density at radius 2 is 0.844 bits per heavy atom. The minimum Gasteiger partial charge on any atom is -0.308 e. The van der Waals surface area contributed by atoms with Gasteiger partial charge in [0.15, 0.2) is 17.5 Å². The molecule has 5 heteroatoms. The third kappa shape index (κ3) is 6.57. The number of nitrogens with zero attached hydrogens (tertiary/aromatic N) is 4. The topological polar surface area (TPSA) is 43.6 Å². The number of hydrogen-bond acceptors (Lipinski definition) is 4. The summed E-state index contributed by atoms with van der Waals surface area (Å²) < 4.78 is 4.95. The third-order valence-corrected chi connectivity index (χ3v) is 13.6. The molecule has 64 heavy (non-hydrogen) atoms. The molecular weight excluding hydrogens is 797 g/mol. The largest absolute Gasteiger partial charge is 0.308 e. The van der Waals surface area contributed by atoms with Crippen LogP contribution in [0.15, 0.2) is 206 Å². The van der Waals surface area contributed by atoms with E-state index in [4.69, 9.17) is 15.0 Å². The number of fused-ring (bicyclic) bond motifs is 6. The summed E-state index contributed by atoms with van der Waals surface area (Å²) in [5.41, 5.74) is 15.5. The van der Waals surface area contributed by atoms with E-state index in [2.05, 4.69) is 188 Å². The molecule has 3 heterocycles. The van der Waals surface area contributed by atoms with Gasteiger partial charge in [0.2, 0.25) is 0 Å². The van der Waals surface area contributed by atoms with Crippen molar-refractivity contribution in [1.82, 2.24) is 19.5 Å². The highest BCUT2D eigenvalue weighted by Gasteiger charge is 2.22. The van der Waals surface area contributed by atoms with Gasteiger partial charge in [-0.25, -0.2) is 15.0 Å². The van der Waals surface area contributed by atoms with Gasteiger partial charge in [-0.2, -0.15) is 0 Å². The smallest absolute Gasteiger partial charge is 0.166 e. The summed E-state index contributed by atoms with van der Waals surface area (Å²) in [4.78, 5) is 15.8. The second-order valence-electron chi connectivity index (χ2n) is 16.6. The number of benzene rings is 9. The van der Waals surface area contributed by atoms with E-state index in [1.807, 2.05) is 47.7 Å². The quantitative estimate of drug-likeness (QED) is 0.161. The van der Waals surface area contributed by atoms with Crippen molar-refractivity contribution in [2.45, 2.75) is 13.8 Å². The zero-order chi connectivity index (χ0) is 42.7. The van der Waals surface area contributed by atoms with Gasteiger partial charge in [-0.05, 0) is 89.7 Å². The molecule has 4 nitrogen and oxygen atoms in total. The minimum absolute atomic E-state index is 0.607. The molecule has 0 unspecified atom stereocenters. The van der Waals surface area contributed by atoms with Crippen molar-refractivity contribution >= 4 is 53.3 Å². The van der Waals surface area contributed by atoms with Crippen molar-refractivity contribution in [3.8, 4) is 73.2 Å². The summed E-state index contributed by atoms with van der Waals surface area (Å²) in [5.74, 6) is 1.86. The van der Waals surface area contributed by atoms with Crippen LogP contribution in [0.2, 0.25) is 0 Å². The lowest BCUT2D eigenvalue weighted by molar-refractivity contribution is 1.06. The molecule has 0 saturated heterocycles. The van der Waals surface area contributed by atoms with Gasteiger partial charge >= 0.3 is 0 Å². The van der Waals surface area contributed by atoms with E-state index in [9.17, 15) is 0 Å². The Morgan fingerprint density at radius 1 is 0.344 bits per heavy atom. The summed E-state index contributed by atoms with van der Waals surface area (Å²) >= 11 is 1.84. The zero-order valence-electron chi connectivity index (χ0n) is 35.3. The maximum Gasteiger partial charge on any atom is 0.166 e. The van der Waals surface area contributed by atoms with Crippen molar-refractivity contribution < 1.29 is 0 Å². The van der Waals surface area contributed by atoms with Crippen LogP contribution in [-0.4, -0.2) is 19.5 Å². The molecule has 0 bridgehead atoms. The molecule has 0 aliphatic heterocycles. The molecule has 0 saturated carbocycles. The van der Waals surface area contributed by atoms with E-state index in [-0.39, 0.29) is 0 Å². The molecule has 0 fully saturated rings. The van der Waals surface area contributed by atoms with Gasteiger partial charge in [-0.3, -0.25) is 0 Å². The molecule has 0 aliphatic carbocycles. The summed E-state index contributed by atoms with van der Waals surface area (Å²) in [6.07, 6.45) is 0. The third-order valence-electron chi connectivity index (χ3n) is 12.4. The highest BCUT2D eigenvalue weighted by molar-refractivity contribution is 7.26. The molecule has 0 aliphatic rings. The van der Waals surface area contributed by atoms with Gasteiger partial charge in [0.05, 0.1) is 16.7 Å². The average molecular weight is 837 g/mol. The van der Waals surface area contributed by atoms with E-state index in [0.29, 0.717) is 17.5 Å². The Balaban J connectivity index is 1.16. The van der Waals surface area contributed by atoms with Crippen LogP contribution in [0.4, 0.5) is 0 Å². The minimum atomic E-state index is 0.607. The second kappa shape index (κ2) is 15.4. The molecule has 302 valence electrons. The van der Waals surface area contributed by atoms with Crippen molar-refractivity contribution in [2.75, 3.05) is 0 Å². The summed E-state index contributed by atoms with van der Waals surface area (Å²) in [5, 5.41) is 4.90. The van der Waals surface area contributed by atoms with E-state index in [1.54, 1.807) is 0 Å². The zero-order valence-corrected chi connectivity index (χ0v) is 36.1. The lowest BCUT2D eigenvalue weighted by Gasteiger charge is -2.17. The van der Waals surface area contributed by atoms with Gasteiger partial charge < -0.3 is 4.57 Å². The molecule has 9 aromatic carbocycles. The predicted molar refractivity (Wildman–Crippen MR) is 269 cm³/mol. The molecule has 3 aromatic heterocycles. The predicted octanol–water partition coefficient (Wildman–Crippen LogP) is 16.0. The van der Waals surface area contributed by atoms with Crippen molar-refractivity contribution in [1.29, 1.82) is 0 Å². The van der Waals surface area contributed by atoms with E-state index in [1.165, 1.54) is 69.9 Å². The van der Waals surface area contributed by atoms with Crippen LogP contribution in [-0.2, 0) is 0 Å². The molecule has 0 spiro atoms. The lowest BCUT2D eigenvalue weighted by atomic mass is 9.99. The highest BCUT2D eigenvalue weighted by Crippen LogP contribution is 2.44. The Bertz CT molecular complexity index is 3560. The number of aromatic nitrogens is 4. The van der Waals surface area contributed by atoms with Crippen molar-refractivity contribution in [3.05, 3.63) is 217 Å². The monoisotopic (exact) mass is 836 g/mol. The average Bonchev–Trinajstić information content (AvgIpc) is 3.90. The molecule has 0 amide bonds. The fraction of sp³-hybridized carbons (Fsp3) is 0.0339. The number of rotatable bonds is 7. The molecular formula is C59H40N4S. The molecule has 12 aromatic rings. The fourth-order valence-corrected chi connectivity index (χ4v) is 10.4. The summed E-state index contributed by atoms with van der Waals surface area (Å²) in [7, 11) is 0. The molecule has 0 N–H and O–H groups in total. The molecule has 0 radical (unpaired) electrons. The maximum absolute atomic E-state index is 5.35. The van der Waals surface area contributed by atoms with Gasteiger partial charge in [-0.15, -0.1) is 11.3 Å². The van der Waals surface area contributed by atoms with Crippen LogP contribution in [0.3, 0.4) is 0 Å².